The summed E-state index contributed by atoms with van der Waals surface area (Å²) in [5.74, 6) is 0. The van der Waals surface area contributed by atoms with Crippen molar-refractivity contribution >= 4 is 21.5 Å². The molecule has 0 spiro atoms. The van der Waals surface area contributed by atoms with Crippen molar-refractivity contribution in [3.8, 4) is 0 Å². The summed E-state index contributed by atoms with van der Waals surface area (Å²) in [5.41, 5.74) is 1.05. The summed E-state index contributed by atoms with van der Waals surface area (Å²) in [6, 6.07) is 21.9. The van der Waals surface area contributed by atoms with Crippen LogP contribution in [0, 0.1) is 0 Å². The number of nitrogens with zero attached hydrogens (tertiary/aromatic N) is 2. The summed E-state index contributed by atoms with van der Waals surface area (Å²) >= 11 is 0. The fourth-order valence-corrected chi connectivity index (χ4v) is 2.83. The van der Waals surface area contributed by atoms with Gasteiger partial charge in [-0.05, 0) is 22.4 Å². The molecule has 0 aliphatic heterocycles. The van der Waals surface area contributed by atoms with Crippen LogP contribution in [0.4, 0.5) is 0 Å². The van der Waals surface area contributed by atoms with Crippen LogP contribution >= 0.6 is 0 Å². The molecule has 4 rings (SSSR count). The van der Waals surface area contributed by atoms with E-state index in [9.17, 15) is 4.79 Å². The van der Waals surface area contributed by atoms with Crippen LogP contribution in [0.3, 0.4) is 0 Å². The van der Waals surface area contributed by atoms with E-state index in [1.165, 1.54) is 10.1 Å². The summed E-state index contributed by atoms with van der Waals surface area (Å²) in [6.45, 7) is 0.477. The van der Waals surface area contributed by atoms with Crippen molar-refractivity contribution in [2.24, 2.45) is 0 Å². The molecule has 22 heavy (non-hydrogen) atoms. The second-order valence-electron chi connectivity index (χ2n) is 5.33. The predicted molar refractivity (Wildman–Crippen MR) is 89.1 cm³/mol. The van der Waals surface area contributed by atoms with E-state index in [1.807, 2.05) is 48.5 Å². The lowest BCUT2D eigenvalue weighted by molar-refractivity contribution is 0.650. The van der Waals surface area contributed by atoms with Crippen LogP contribution in [0.2, 0.25) is 0 Å². The Hall–Kier alpha value is -2.94. The Labute approximate surface area is 127 Å². The van der Waals surface area contributed by atoms with Crippen molar-refractivity contribution in [1.82, 2.24) is 9.78 Å². The molecule has 0 saturated carbocycles. The first kappa shape index (κ1) is 12.8. The topological polar surface area (TPSA) is 34.9 Å². The lowest BCUT2D eigenvalue weighted by atomic mass is 10.0. The molecular weight excluding hydrogens is 272 g/mol. The van der Waals surface area contributed by atoms with Crippen LogP contribution < -0.4 is 5.56 Å². The first-order chi connectivity index (χ1) is 10.8. The zero-order valence-electron chi connectivity index (χ0n) is 11.9. The minimum absolute atomic E-state index is 0.0500. The van der Waals surface area contributed by atoms with E-state index in [2.05, 4.69) is 23.3 Å². The van der Waals surface area contributed by atoms with Crippen LogP contribution in [0.1, 0.15) is 5.56 Å². The third-order valence-corrected chi connectivity index (χ3v) is 3.96. The number of hydrogen-bond acceptors (Lipinski definition) is 2. The van der Waals surface area contributed by atoms with Crippen molar-refractivity contribution in [3.05, 3.63) is 88.8 Å². The highest BCUT2D eigenvalue weighted by molar-refractivity contribution is 5.85. The minimum Gasteiger partial charge on any atom is -0.267 e. The van der Waals surface area contributed by atoms with E-state index >= 15 is 0 Å². The highest BCUT2D eigenvalue weighted by Gasteiger charge is 2.06. The van der Waals surface area contributed by atoms with Gasteiger partial charge in [0, 0.05) is 5.39 Å². The molecule has 3 nitrogen and oxygen atoms in total. The maximum Gasteiger partial charge on any atom is 0.274 e. The first-order valence-corrected chi connectivity index (χ1v) is 7.24. The molecule has 3 aromatic carbocycles. The standard InChI is InChI=1S/C19H14N2O/c22-19-18-11-4-2-7-15(18)12-20-21(19)13-16-9-5-8-14-6-1-3-10-17(14)16/h1-12H,13H2. The molecule has 0 aliphatic rings. The van der Waals surface area contributed by atoms with Crippen molar-refractivity contribution in [2.75, 3.05) is 0 Å². The lowest BCUT2D eigenvalue weighted by Gasteiger charge is -2.09. The summed E-state index contributed by atoms with van der Waals surface area (Å²) in [6.07, 6.45) is 1.75. The molecule has 106 valence electrons. The van der Waals surface area contributed by atoms with Gasteiger partial charge in [-0.2, -0.15) is 5.10 Å². The summed E-state index contributed by atoms with van der Waals surface area (Å²) in [7, 11) is 0. The van der Waals surface area contributed by atoms with Crippen LogP contribution in [0.25, 0.3) is 21.5 Å². The van der Waals surface area contributed by atoms with Gasteiger partial charge in [-0.3, -0.25) is 4.79 Å². The van der Waals surface area contributed by atoms with E-state index < -0.39 is 0 Å². The van der Waals surface area contributed by atoms with Crippen LogP contribution in [-0.2, 0) is 6.54 Å². The summed E-state index contributed by atoms with van der Waals surface area (Å²) < 4.78 is 1.53. The second-order valence-corrected chi connectivity index (χ2v) is 5.33. The number of benzene rings is 3. The fourth-order valence-electron chi connectivity index (χ4n) is 2.83. The van der Waals surface area contributed by atoms with E-state index in [1.54, 1.807) is 6.20 Å². The summed E-state index contributed by atoms with van der Waals surface area (Å²) in [4.78, 5) is 12.6. The largest absolute Gasteiger partial charge is 0.274 e. The maximum atomic E-state index is 12.6. The molecule has 0 aliphatic carbocycles. The SMILES string of the molecule is O=c1c2ccccc2cnn1Cc1cccc2ccccc12. The molecule has 0 N–H and O–H groups in total. The van der Waals surface area contributed by atoms with E-state index in [0.29, 0.717) is 11.9 Å². The molecule has 3 heteroatoms. The highest BCUT2D eigenvalue weighted by Crippen LogP contribution is 2.19. The van der Waals surface area contributed by atoms with Crippen LogP contribution in [-0.4, -0.2) is 9.78 Å². The molecule has 0 fully saturated rings. The Balaban J connectivity index is 1.86. The molecule has 4 aromatic rings. The van der Waals surface area contributed by atoms with Crippen molar-refractivity contribution < 1.29 is 0 Å². The molecule has 0 unspecified atom stereocenters. The number of hydrogen-bond donors (Lipinski definition) is 0. The maximum absolute atomic E-state index is 12.6. The van der Waals surface area contributed by atoms with Gasteiger partial charge in [-0.1, -0.05) is 60.7 Å². The monoisotopic (exact) mass is 286 g/mol. The average Bonchev–Trinajstić information content (AvgIpc) is 2.58. The molecule has 1 heterocycles. The van der Waals surface area contributed by atoms with Gasteiger partial charge in [0.2, 0.25) is 0 Å². The molecular formula is C19H14N2O. The van der Waals surface area contributed by atoms with Gasteiger partial charge in [-0.25, -0.2) is 4.68 Å². The normalized spacial score (nSPS) is 11.1. The van der Waals surface area contributed by atoms with Crippen molar-refractivity contribution in [2.45, 2.75) is 6.54 Å². The van der Waals surface area contributed by atoms with Gasteiger partial charge in [0.15, 0.2) is 0 Å². The van der Waals surface area contributed by atoms with E-state index in [-0.39, 0.29) is 5.56 Å². The molecule has 0 amide bonds. The van der Waals surface area contributed by atoms with Crippen LogP contribution in [0.5, 0.6) is 0 Å². The van der Waals surface area contributed by atoms with Gasteiger partial charge in [0.1, 0.15) is 0 Å². The third-order valence-electron chi connectivity index (χ3n) is 3.96. The van der Waals surface area contributed by atoms with Gasteiger partial charge in [0.25, 0.3) is 5.56 Å². The third kappa shape index (κ3) is 2.07. The van der Waals surface area contributed by atoms with Gasteiger partial charge in [0.05, 0.1) is 18.1 Å². The zero-order chi connectivity index (χ0) is 14.9. The molecule has 0 saturated heterocycles. The number of rotatable bonds is 2. The minimum atomic E-state index is -0.0500. The van der Waals surface area contributed by atoms with Crippen molar-refractivity contribution in [1.29, 1.82) is 0 Å². The Kier molecular flexibility index (Phi) is 2.97. The Bertz CT molecular complexity index is 1030. The highest BCUT2D eigenvalue weighted by atomic mass is 16.1. The van der Waals surface area contributed by atoms with Gasteiger partial charge >= 0.3 is 0 Å². The van der Waals surface area contributed by atoms with E-state index in [4.69, 9.17) is 0 Å². The summed E-state index contributed by atoms with van der Waals surface area (Å²) in [5, 5.41) is 8.23. The zero-order valence-corrected chi connectivity index (χ0v) is 11.9. The second kappa shape index (κ2) is 5.11. The molecule has 0 atom stereocenters. The molecule has 0 radical (unpaired) electrons. The van der Waals surface area contributed by atoms with Crippen molar-refractivity contribution in [3.63, 3.8) is 0 Å². The number of aromatic nitrogens is 2. The first-order valence-electron chi connectivity index (χ1n) is 7.24. The number of fused-ring (bicyclic) bond motifs is 2. The quantitative estimate of drug-likeness (QED) is 0.564. The van der Waals surface area contributed by atoms with Gasteiger partial charge in [-0.15, -0.1) is 0 Å². The lowest BCUT2D eigenvalue weighted by Crippen LogP contribution is -2.23. The van der Waals surface area contributed by atoms with Gasteiger partial charge < -0.3 is 0 Å². The molecule has 0 bridgehead atoms. The van der Waals surface area contributed by atoms with Crippen LogP contribution in [0.15, 0.2) is 77.7 Å². The smallest absolute Gasteiger partial charge is 0.267 e. The fraction of sp³-hybridized carbons (Fsp3) is 0.0526. The Morgan fingerprint density at radius 2 is 1.45 bits per heavy atom. The molecule has 1 aromatic heterocycles. The van der Waals surface area contributed by atoms with E-state index in [0.717, 1.165) is 16.3 Å². The Morgan fingerprint density at radius 3 is 2.32 bits per heavy atom. The predicted octanol–water partition coefficient (Wildman–Crippen LogP) is 3.60. The Morgan fingerprint density at radius 1 is 0.773 bits per heavy atom. The average molecular weight is 286 g/mol.